The summed E-state index contributed by atoms with van der Waals surface area (Å²) < 4.78 is 5.14. The Hall–Kier alpha value is -4.36. The summed E-state index contributed by atoms with van der Waals surface area (Å²) in [5.74, 6) is 0.409. The van der Waals surface area contributed by atoms with Crippen LogP contribution in [0.2, 0.25) is 5.22 Å². The van der Waals surface area contributed by atoms with E-state index >= 15 is 0 Å². The summed E-state index contributed by atoms with van der Waals surface area (Å²) in [5, 5.41) is 6.15. The monoisotopic (exact) mass is 526 g/mol. The van der Waals surface area contributed by atoms with Crippen LogP contribution in [0.5, 0.6) is 0 Å². The molecular weight excluding hydrogens is 500 g/mol. The Balaban J connectivity index is 1.23. The lowest BCUT2D eigenvalue weighted by Crippen LogP contribution is -2.29. The number of halogens is 1. The third kappa shape index (κ3) is 6.12. The van der Waals surface area contributed by atoms with Crippen LogP contribution < -0.4 is 10.6 Å². The zero-order valence-electron chi connectivity index (χ0n) is 20.6. The Morgan fingerprint density at radius 1 is 0.842 bits per heavy atom. The Bertz CT molecular complexity index is 1490. The zero-order chi connectivity index (χ0) is 26.3. The molecule has 0 aliphatic carbocycles. The molecular formula is C30H27ClN4O3. The van der Waals surface area contributed by atoms with Crippen LogP contribution in [0.3, 0.4) is 0 Å². The van der Waals surface area contributed by atoms with Gasteiger partial charge in [0.2, 0.25) is 0 Å². The van der Waals surface area contributed by atoms with E-state index in [4.69, 9.17) is 21.0 Å². The molecule has 38 heavy (non-hydrogen) atoms. The highest BCUT2D eigenvalue weighted by Gasteiger charge is 2.19. The van der Waals surface area contributed by atoms with Crippen LogP contribution in [0.1, 0.15) is 52.0 Å². The van der Waals surface area contributed by atoms with Gasteiger partial charge in [0.05, 0.1) is 17.1 Å². The lowest BCUT2D eigenvalue weighted by atomic mass is 10.0. The maximum absolute atomic E-state index is 13.2. The topological polar surface area (TPSA) is 100 Å². The number of fused-ring (bicyclic) bond motifs is 1. The second-order valence-electron chi connectivity index (χ2n) is 8.96. The fourth-order valence-electron chi connectivity index (χ4n) is 4.30. The minimum absolute atomic E-state index is 0.168. The van der Waals surface area contributed by atoms with Crippen LogP contribution >= 0.6 is 11.6 Å². The summed E-state index contributed by atoms with van der Waals surface area (Å²) >= 11 is 5.74. The van der Waals surface area contributed by atoms with Crippen LogP contribution in [0.15, 0.2) is 95.4 Å². The lowest BCUT2D eigenvalue weighted by Gasteiger charge is -2.17. The average molecular weight is 527 g/mol. The number of para-hydroxylation sites is 2. The Labute approximate surface area is 225 Å². The van der Waals surface area contributed by atoms with E-state index in [1.165, 1.54) is 12.1 Å². The van der Waals surface area contributed by atoms with Crippen molar-refractivity contribution < 1.29 is 14.0 Å². The van der Waals surface area contributed by atoms with Crippen molar-refractivity contribution in [2.75, 3.05) is 6.54 Å². The van der Waals surface area contributed by atoms with E-state index < -0.39 is 0 Å². The van der Waals surface area contributed by atoms with Crippen LogP contribution in [-0.4, -0.2) is 28.3 Å². The van der Waals surface area contributed by atoms with Gasteiger partial charge in [-0.2, -0.15) is 0 Å². The number of furan rings is 1. The molecule has 2 aromatic heterocycles. The molecule has 0 fully saturated rings. The largest absolute Gasteiger partial charge is 0.440 e. The number of aromatic amines is 1. The SMILES string of the molecule is O=C(NC(CCCCNC(=O)c1ccc(Cl)o1)c1nc2ccccc2[nH]1)c1ccc(-c2ccccc2)cc1. The summed E-state index contributed by atoms with van der Waals surface area (Å²) in [4.78, 5) is 33.4. The highest BCUT2D eigenvalue weighted by atomic mass is 35.5. The molecule has 8 heteroatoms. The number of nitrogens with one attached hydrogen (secondary N) is 3. The number of hydrogen-bond acceptors (Lipinski definition) is 4. The molecule has 1 atom stereocenters. The van der Waals surface area contributed by atoms with Crippen molar-refractivity contribution >= 4 is 34.4 Å². The molecule has 3 N–H and O–H groups in total. The van der Waals surface area contributed by atoms with Gasteiger partial charge in [0.25, 0.3) is 11.8 Å². The normalized spacial score (nSPS) is 11.8. The van der Waals surface area contributed by atoms with Gasteiger partial charge in [-0.3, -0.25) is 9.59 Å². The van der Waals surface area contributed by atoms with Gasteiger partial charge >= 0.3 is 0 Å². The van der Waals surface area contributed by atoms with Crippen LogP contribution in [-0.2, 0) is 0 Å². The second-order valence-corrected chi connectivity index (χ2v) is 9.34. The first-order valence-electron chi connectivity index (χ1n) is 12.5. The highest BCUT2D eigenvalue weighted by Crippen LogP contribution is 2.23. The van der Waals surface area contributed by atoms with Gasteiger partial charge in [-0.15, -0.1) is 0 Å². The maximum atomic E-state index is 13.2. The van der Waals surface area contributed by atoms with Gasteiger partial charge in [0.1, 0.15) is 5.82 Å². The molecule has 0 aliphatic heterocycles. The first kappa shape index (κ1) is 25.3. The van der Waals surface area contributed by atoms with Crippen LogP contribution in [0.25, 0.3) is 22.2 Å². The number of rotatable bonds is 10. The molecule has 192 valence electrons. The third-order valence-corrected chi connectivity index (χ3v) is 6.50. The predicted molar refractivity (Wildman–Crippen MR) is 148 cm³/mol. The molecule has 0 saturated carbocycles. The van der Waals surface area contributed by atoms with Gasteiger partial charge < -0.3 is 20.0 Å². The van der Waals surface area contributed by atoms with Gasteiger partial charge in [-0.05, 0) is 78.4 Å². The average Bonchev–Trinajstić information content (AvgIpc) is 3.59. The van der Waals surface area contributed by atoms with Crippen molar-refractivity contribution in [2.45, 2.75) is 25.3 Å². The number of aromatic nitrogens is 2. The smallest absolute Gasteiger partial charge is 0.287 e. The molecule has 5 aromatic rings. The summed E-state index contributed by atoms with van der Waals surface area (Å²) in [6.45, 7) is 0.471. The molecule has 7 nitrogen and oxygen atoms in total. The van der Waals surface area contributed by atoms with Crippen LogP contribution in [0, 0.1) is 0 Å². The van der Waals surface area contributed by atoms with Crippen molar-refractivity contribution in [1.29, 1.82) is 0 Å². The molecule has 3 aromatic carbocycles. The van der Waals surface area contributed by atoms with Crippen molar-refractivity contribution in [3.8, 4) is 11.1 Å². The standard InChI is InChI=1S/C30H27ClN4O3/c31-27-18-17-26(38-27)30(37)32-19-7-6-12-25(28-33-23-10-4-5-11-24(23)34-28)35-29(36)22-15-13-21(14-16-22)20-8-2-1-3-9-20/h1-5,8-11,13-18,25H,6-7,12,19H2,(H,32,37)(H,33,34)(H,35,36). The third-order valence-electron chi connectivity index (χ3n) is 6.30. The number of H-pyrrole nitrogens is 1. The van der Waals surface area contributed by atoms with Crippen molar-refractivity contribution in [1.82, 2.24) is 20.6 Å². The minimum atomic E-state index is -0.316. The Morgan fingerprint density at radius 3 is 2.32 bits per heavy atom. The summed E-state index contributed by atoms with van der Waals surface area (Å²) in [5.41, 5.74) is 4.49. The second kappa shape index (κ2) is 11.8. The number of benzene rings is 3. The molecule has 2 amide bonds. The van der Waals surface area contributed by atoms with Gasteiger partial charge in [-0.25, -0.2) is 4.98 Å². The lowest BCUT2D eigenvalue weighted by molar-refractivity contribution is 0.0924. The maximum Gasteiger partial charge on any atom is 0.287 e. The van der Waals surface area contributed by atoms with E-state index in [9.17, 15) is 9.59 Å². The molecule has 0 spiro atoms. The first-order chi connectivity index (χ1) is 18.6. The number of unbranched alkanes of at least 4 members (excludes halogenated alkanes) is 1. The summed E-state index contributed by atoms with van der Waals surface area (Å²) in [7, 11) is 0. The Kier molecular flexibility index (Phi) is 7.85. The van der Waals surface area contributed by atoms with Crippen molar-refractivity contribution in [2.24, 2.45) is 0 Å². The number of nitrogens with zero attached hydrogens (tertiary/aromatic N) is 1. The number of carbonyl (C=O) groups excluding carboxylic acids is 2. The highest BCUT2D eigenvalue weighted by molar-refractivity contribution is 6.29. The van der Waals surface area contributed by atoms with E-state index in [1.807, 2.05) is 78.9 Å². The fourth-order valence-corrected chi connectivity index (χ4v) is 4.45. The molecule has 0 bridgehead atoms. The zero-order valence-corrected chi connectivity index (χ0v) is 21.4. The summed E-state index contributed by atoms with van der Waals surface area (Å²) in [6, 6.07) is 28.2. The van der Waals surface area contributed by atoms with E-state index in [0.29, 0.717) is 24.4 Å². The Morgan fingerprint density at radius 2 is 1.58 bits per heavy atom. The van der Waals surface area contributed by atoms with E-state index in [1.54, 1.807) is 0 Å². The molecule has 2 heterocycles. The van der Waals surface area contributed by atoms with Gasteiger partial charge in [-0.1, -0.05) is 54.6 Å². The van der Waals surface area contributed by atoms with Crippen LogP contribution in [0.4, 0.5) is 0 Å². The van der Waals surface area contributed by atoms with Gasteiger partial charge in [0.15, 0.2) is 11.0 Å². The molecule has 0 saturated heterocycles. The van der Waals surface area contributed by atoms with E-state index in [-0.39, 0.29) is 28.8 Å². The van der Waals surface area contributed by atoms with Crippen molar-refractivity contribution in [3.05, 3.63) is 113 Å². The number of imidazole rings is 1. The summed E-state index contributed by atoms with van der Waals surface area (Å²) in [6.07, 6.45) is 2.13. The van der Waals surface area contributed by atoms with E-state index in [2.05, 4.69) is 15.6 Å². The molecule has 5 rings (SSSR count). The molecule has 0 radical (unpaired) electrons. The number of carbonyl (C=O) groups is 2. The number of hydrogen-bond donors (Lipinski definition) is 3. The van der Waals surface area contributed by atoms with E-state index in [0.717, 1.165) is 35.0 Å². The minimum Gasteiger partial charge on any atom is -0.440 e. The van der Waals surface area contributed by atoms with Crippen molar-refractivity contribution in [3.63, 3.8) is 0 Å². The first-order valence-corrected chi connectivity index (χ1v) is 12.9. The molecule has 1 unspecified atom stereocenters. The quantitative estimate of drug-likeness (QED) is 0.180. The predicted octanol–water partition coefficient (Wildman–Crippen LogP) is 6.55. The van der Waals surface area contributed by atoms with Gasteiger partial charge in [0, 0.05) is 12.1 Å². The fraction of sp³-hybridized carbons (Fsp3) is 0.167. The molecule has 0 aliphatic rings. The number of amides is 2.